The Morgan fingerprint density at radius 3 is 2.54 bits per heavy atom. The molecule has 0 amide bonds. The fourth-order valence-electron chi connectivity index (χ4n) is 2.15. The molecule has 2 aromatic rings. The molecule has 0 saturated carbocycles. The van der Waals surface area contributed by atoms with Crippen LogP contribution in [-0.4, -0.2) is 21.6 Å². The molecule has 130 valence electrons. The van der Waals surface area contributed by atoms with Gasteiger partial charge in [0.05, 0.1) is 11.5 Å². The fourth-order valence-corrected chi connectivity index (χ4v) is 3.37. The van der Waals surface area contributed by atoms with Crippen LogP contribution in [0.15, 0.2) is 47.4 Å². The standard InChI is InChI=1S/C17H21ClN2O3S/c1-2-11-23-17-8-3-14(18)12-13(17)9-10-20-24(21,22)16-6-4-15(19)5-7-16/h3-8,12,20H,2,9-11,19H2,1H3. The number of rotatable bonds is 8. The number of anilines is 1. The first-order valence-corrected chi connectivity index (χ1v) is 9.55. The molecule has 2 rings (SSSR count). The minimum absolute atomic E-state index is 0.185. The fraction of sp³-hybridized carbons (Fsp3) is 0.294. The highest BCUT2D eigenvalue weighted by atomic mass is 35.5. The van der Waals surface area contributed by atoms with Gasteiger partial charge in [-0.05, 0) is 60.9 Å². The van der Waals surface area contributed by atoms with Crippen LogP contribution in [-0.2, 0) is 16.4 Å². The number of hydrogen-bond acceptors (Lipinski definition) is 4. The maximum atomic E-state index is 12.2. The number of nitrogen functional groups attached to an aromatic ring is 1. The number of sulfonamides is 1. The number of hydrogen-bond donors (Lipinski definition) is 2. The Labute approximate surface area is 147 Å². The van der Waals surface area contributed by atoms with E-state index < -0.39 is 10.0 Å². The minimum Gasteiger partial charge on any atom is -0.493 e. The molecular formula is C17H21ClN2O3S. The molecule has 24 heavy (non-hydrogen) atoms. The Balaban J connectivity index is 2.03. The highest BCUT2D eigenvalue weighted by Gasteiger charge is 2.14. The van der Waals surface area contributed by atoms with E-state index in [1.807, 2.05) is 13.0 Å². The average Bonchev–Trinajstić information content (AvgIpc) is 2.54. The zero-order valence-corrected chi connectivity index (χ0v) is 15.0. The Kier molecular flexibility index (Phi) is 6.48. The van der Waals surface area contributed by atoms with Crippen LogP contribution in [0.2, 0.25) is 5.02 Å². The second-order valence-corrected chi connectivity index (χ2v) is 7.52. The van der Waals surface area contributed by atoms with E-state index in [1.54, 1.807) is 24.3 Å². The van der Waals surface area contributed by atoms with Crippen LogP contribution in [0, 0.1) is 0 Å². The molecule has 0 heterocycles. The molecule has 3 N–H and O–H groups in total. The molecule has 0 saturated heterocycles. The summed E-state index contributed by atoms with van der Waals surface area (Å²) >= 11 is 6.02. The molecule has 0 aliphatic heterocycles. The van der Waals surface area contributed by atoms with Gasteiger partial charge in [-0.1, -0.05) is 18.5 Å². The van der Waals surface area contributed by atoms with Crippen molar-refractivity contribution in [1.29, 1.82) is 0 Å². The number of benzene rings is 2. The lowest BCUT2D eigenvalue weighted by Crippen LogP contribution is -2.26. The van der Waals surface area contributed by atoms with Crippen molar-refractivity contribution >= 4 is 27.3 Å². The SMILES string of the molecule is CCCOc1ccc(Cl)cc1CCNS(=O)(=O)c1ccc(N)cc1. The monoisotopic (exact) mass is 368 g/mol. The van der Waals surface area contributed by atoms with Crippen molar-refractivity contribution in [3.05, 3.63) is 53.1 Å². The molecule has 7 heteroatoms. The van der Waals surface area contributed by atoms with E-state index in [9.17, 15) is 8.42 Å². The summed E-state index contributed by atoms with van der Waals surface area (Å²) < 4.78 is 32.7. The van der Waals surface area contributed by atoms with Crippen molar-refractivity contribution in [3.8, 4) is 5.75 Å². The van der Waals surface area contributed by atoms with Crippen LogP contribution in [0.25, 0.3) is 0 Å². The number of nitrogens with one attached hydrogen (secondary N) is 1. The summed E-state index contributed by atoms with van der Waals surface area (Å²) in [6.07, 6.45) is 1.37. The van der Waals surface area contributed by atoms with E-state index in [4.69, 9.17) is 22.1 Å². The summed E-state index contributed by atoms with van der Waals surface area (Å²) in [6, 6.07) is 11.4. The summed E-state index contributed by atoms with van der Waals surface area (Å²) in [6.45, 7) is 2.87. The van der Waals surface area contributed by atoms with Gasteiger partial charge in [-0.3, -0.25) is 0 Å². The average molecular weight is 369 g/mol. The lowest BCUT2D eigenvalue weighted by molar-refractivity contribution is 0.314. The molecule has 0 spiro atoms. The molecule has 0 aromatic heterocycles. The first-order valence-electron chi connectivity index (χ1n) is 7.69. The lowest BCUT2D eigenvalue weighted by Gasteiger charge is -2.12. The molecule has 0 radical (unpaired) electrons. The van der Waals surface area contributed by atoms with Crippen molar-refractivity contribution in [3.63, 3.8) is 0 Å². The molecule has 0 unspecified atom stereocenters. The van der Waals surface area contributed by atoms with Gasteiger partial charge in [0.2, 0.25) is 10.0 Å². The van der Waals surface area contributed by atoms with Crippen LogP contribution in [0.3, 0.4) is 0 Å². The van der Waals surface area contributed by atoms with Gasteiger partial charge < -0.3 is 10.5 Å². The lowest BCUT2D eigenvalue weighted by atomic mass is 10.1. The molecule has 5 nitrogen and oxygen atoms in total. The Hall–Kier alpha value is -1.76. The number of nitrogens with two attached hydrogens (primary N) is 1. The van der Waals surface area contributed by atoms with Gasteiger partial charge in [-0.2, -0.15) is 0 Å². The van der Waals surface area contributed by atoms with Gasteiger partial charge in [0.25, 0.3) is 0 Å². The normalized spacial score (nSPS) is 11.4. The van der Waals surface area contributed by atoms with Crippen molar-refractivity contribution < 1.29 is 13.2 Å². The van der Waals surface area contributed by atoms with Gasteiger partial charge in [0.15, 0.2) is 0 Å². The summed E-state index contributed by atoms with van der Waals surface area (Å²) in [5, 5.41) is 0.593. The quantitative estimate of drug-likeness (QED) is 0.701. The second kappa shape index (κ2) is 8.37. The maximum Gasteiger partial charge on any atom is 0.240 e. The predicted molar refractivity (Wildman–Crippen MR) is 97.0 cm³/mol. The summed E-state index contributed by atoms with van der Waals surface area (Å²) in [7, 11) is -3.57. The highest BCUT2D eigenvalue weighted by Crippen LogP contribution is 2.23. The van der Waals surface area contributed by atoms with E-state index in [0.29, 0.717) is 23.7 Å². The maximum absolute atomic E-state index is 12.2. The van der Waals surface area contributed by atoms with Crippen molar-refractivity contribution in [2.75, 3.05) is 18.9 Å². The van der Waals surface area contributed by atoms with E-state index in [1.165, 1.54) is 12.1 Å². The Morgan fingerprint density at radius 1 is 1.17 bits per heavy atom. The molecule has 0 fully saturated rings. The molecular weight excluding hydrogens is 348 g/mol. The van der Waals surface area contributed by atoms with Gasteiger partial charge in [-0.25, -0.2) is 13.1 Å². The van der Waals surface area contributed by atoms with Crippen LogP contribution < -0.4 is 15.2 Å². The Bertz CT molecular complexity index is 777. The predicted octanol–water partition coefficient (Wildman–Crippen LogP) is 3.23. The Morgan fingerprint density at radius 2 is 1.88 bits per heavy atom. The van der Waals surface area contributed by atoms with Gasteiger partial charge in [0.1, 0.15) is 5.75 Å². The third kappa shape index (κ3) is 5.12. The first kappa shape index (κ1) is 18.6. The number of ether oxygens (including phenoxy) is 1. The molecule has 0 aliphatic rings. The van der Waals surface area contributed by atoms with E-state index in [0.717, 1.165) is 17.7 Å². The van der Waals surface area contributed by atoms with Crippen LogP contribution in [0.4, 0.5) is 5.69 Å². The first-order chi connectivity index (χ1) is 11.4. The zero-order chi connectivity index (χ0) is 17.6. The molecule has 0 bridgehead atoms. The minimum atomic E-state index is -3.57. The van der Waals surface area contributed by atoms with Crippen LogP contribution in [0.5, 0.6) is 5.75 Å². The van der Waals surface area contributed by atoms with Crippen LogP contribution in [0.1, 0.15) is 18.9 Å². The summed E-state index contributed by atoms with van der Waals surface area (Å²) in [4.78, 5) is 0.185. The van der Waals surface area contributed by atoms with Crippen molar-refractivity contribution in [2.24, 2.45) is 0 Å². The van der Waals surface area contributed by atoms with Gasteiger partial charge in [-0.15, -0.1) is 0 Å². The van der Waals surface area contributed by atoms with Gasteiger partial charge in [0, 0.05) is 17.3 Å². The third-order valence-electron chi connectivity index (χ3n) is 3.36. The van der Waals surface area contributed by atoms with E-state index in [2.05, 4.69) is 4.72 Å². The molecule has 2 aromatic carbocycles. The smallest absolute Gasteiger partial charge is 0.240 e. The van der Waals surface area contributed by atoms with E-state index >= 15 is 0 Å². The van der Waals surface area contributed by atoms with Crippen molar-refractivity contribution in [1.82, 2.24) is 4.72 Å². The second-order valence-electron chi connectivity index (χ2n) is 5.32. The topological polar surface area (TPSA) is 81.4 Å². The molecule has 0 aliphatic carbocycles. The summed E-state index contributed by atoms with van der Waals surface area (Å²) in [5.74, 6) is 0.730. The van der Waals surface area contributed by atoms with Crippen LogP contribution >= 0.6 is 11.6 Å². The summed E-state index contributed by atoms with van der Waals surface area (Å²) in [5.41, 5.74) is 6.97. The largest absolute Gasteiger partial charge is 0.493 e. The van der Waals surface area contributed by atoms with Gasteiger partial charge >= 0.3 is 0 Å². The van der Waals surface area contributed by atoms with Crippen molar-refractivity contribution in [2.45, 2.75) is 24.7 Å². The highest BCUT2D eigenvalue weighted by molar-refractivity contribution is 7.89. The number of halogens is 1. The van der Waals surface area contributed by atoms with E-state index in [-0.39, 0.29) is 11.4 Å². The molecule has 0 atom stereocenters. The zero-order valence-electron chi connectivity index (χ0n) is 13.5. The third-order valence-corrected chi connectivity index (χ3v) is 5.07.